The molecule has 5 heteroatoms. The summed E-state index contributed by atoms with van der Waals surface area (Å²) in [6.45, 7) is 2.62. The van der Waals surface area contributed by atoms with Crippen LogP contribution in [0.3, 0.4) is 0 Å². The molecule has 0 saturated carbocycles. The Bertz CT molecular complexity index is 250. The van der Waals surface area contributed by atoms with Gasteiger partial charge < -0.3 is 0 Å². The van der Waals surface area contributed by atoms with Gasteiger partial charge in [0.15, 0.2) is 0 Å². The van der Waals surface area contributed by atoms with Crippen molar-refractivity contribution in [1.82, 2.24) is 15.4 Å². The Morgan fingerprint density at radius 1 is 1.67 bits per heavy atom. The first-order chi connectivity index (χ1) is 5.66. The summed E-state index contributed by atoms with van der Waals surface area (Å²) in [5, 5.41) is 7.82. The molecule has 66 valence electrons. The second kappa shape index (κ2) is 2.45. The summed E-state index contributed by atoms with van der Waals surface area (Å²) in [6.07, 6.45) is 0.764. The zero-order chi connectivity index (χ0) is 8.72. The Kier molecular flexibility index (Phi) is 1.54. The third-order valence-electron chi connectivity index (χ3n) is 2.11. The van der Waals surface area contributed by atoms with Gasteiger partial charge in [-0.15, -0.1) is 0 Å². The Labute approximate surface area is 71.0 Å². The van der Waals surface area contributed by atoms with Gasteiger partial charge in [-0.3, -0.25) is 15.2 Å². The van der Waals surface area contributed by atoms with Crippen LogP contribution in [0.15, 0.2) is 5.10 Å². The molecular formula is C7H12N4O. The lowest BCUT2D eigenvalue weighted by molar-refractivity contribution is -0.138. The highest BCUT2D eigenvalue weighted by atomic mass is 16.2. The number of amides is 1. The zero-order valence-electron chi connectivity index (χ0n) is 7.24. The largest absolute Gasteiger partial charge is 0.286 e. The number of hydrazone groups is 1. The summed E-state index contributed by atoms with van der Waals surface area (Å²) in [7, 11) is 1.83. The molecule has 12 heavy (non-hydrogen) atoms. The van der Waals surface area contributed by atoms with E-state index in [1.807, 2.05) is 19.0 Å². The quantitative estimate of drug-likeness (QED) is 0.524. The van der Waals surface area contributed by atoms with Crippen LogP contribution < -0.4 is 5.43 Å². The Balaban J connectivity index is 2.17. The fourth-order valence-electron chi connectivity index (χ4n) is 1.59. The monoisotopic (exact) mass is 168 g/mol. The molecule has 0 bridgehead atoms. The van der Waals surface area contributed by atoms with Gasteiger partial charge in [-0.05, 0) is 6.92 Å². The lowest BCUT2D eigenvalue weighted by Crippen LogP contribution is -2.58. The summed E-state index contributed by atoms with van der Waals surface area (Å²) in [4.78, 5) is 11.4. The van der Waals surface area contributed by atoms with Crippen molar-refractivity contribution >= 4 is 11.6 Å². The topological polar surface area (TPSA) is 47.9 Å². The van der Waals surface area contributed by atoms with Gasteiger partial charge in [0.25, 0.3) is 5.91 Å². The van der Waals surface area contributed by atoms with E-state index in [0.29, 0.717) is 6.67 Å². The minimum absolute atomic E-state index is 0.0457. The fraction of sp³-hybridized carbons (Fsp3) is 0.714. The van der Waals surface area contributed by atoms with E-state index in [1.54, 1.807) is 5.01 Å². The first-order valence-corrected chi connectivity index (χ1v) is 3.99. The lowest BCUT2D eigenvalue weighted by Gasteiger charge is -2.34. The third-order valence-corrected chi connectivity index (χ3v) is 2.11. The van der Waals surface area contributed by atoms with Gasteiger partial charge in [0.2, 0.25) is 0 Å². The average Bonchev–Trinajstić information content (AvgIpc) is 2.29. The van der Waals surface area contributed by atoms with Gasteiger partial charge in [-0.25, -0.2) is 5.01 Å². The number of hydrogen-bond donors (Lipinski definition) is 1. The molecule has 1 atom stereocenters. The molecule has 0 aromatic rings. The van der Waals surface area contributed by atoms with Crippen molar-refractivity contribution < 1.29 is 4.79 Å². The standard InChI is InChI=1S/C7H12N4O/c1-5-3-6-7(12)9-10(2)4-11(6)8-5/h6H,3-4H2,1-2H3,(H,9,12). The molecule has 1 saturated heterocycles. The van der Waals surface area contributed by atoms with Crippen LogP contribution in [-0.4, -0.2) is 41.4 Å². The van der Waals surface area contributed by atoms with Gasteiger partial charge in [-0.2, -0.15) is 5.10 Å². The molecule has 0 spiro atoms. The van der Waals surface area contributed by atoms with Gasteiger partial charge in [0, 0.05) is 19.2 Å². The minimum Gasteiger partial charge on any atom is -0.286 e. The molecule has 0 radical (unpaired) electrons. The van der Waals surface area contributed by atoms with Crippen molar-refractivity contribution in [3.8, 4) is 0 Å². The number of fused-ring (bicyclic) bond motifs is 1. The summed E-state index contributed by atoms with van der Waals surface area (Å²) in [6, 6.07) is -0.0683. The first-order valence-electron chi connectivity index (χ1n) is 3.99. The molecule has 0 aliphatic carbocycles. The van der Waals surface area contributed by atoms with E-state index in [9.17, 15) is 4.79 Å². The highest BCUT2D eigenvalue weighted by Crippen LogP contribution is 2.17. The van der Waals surface area contributed by atoms with Crippen molar-refractivity contribution in [3.63, 3.8) is 0 Å². The van der Waals surface area contributed by atoms with Crippen LogP contribution in [0, 0.1) is 0 Å². The number of nitrogens with zero attached hydrogens (tertiary/aromatic N) is 3. The van der Waals surface area contributed by atoms with Crippen molar-refractivity contribution in [3.05, 3.63) is 0 Å². The van der Waals surface area contributed by atoms with E-state index in [4.69, 9.17) is 0 Å². The summed E-state index contributed by atoms with van der Waals surface area (Å²) in [5.41, 5.74) is 3.78. The normalized spacial score (nSPS) is 29.8. The molecule has 2 aliphatic rings. The van der Waals surface area contributed by atoms with Gasteiger partial charge in [-0.1, -0.05) is 0 Å². The smallest absolute Gasteiger partial charge is 0.259 e. The second-order valence-corrected chi connectivity index (χ2v) is 3.31. The summed E-state index contributed by atoms with van der Waals surface area (Å²) >= 11 is 0. The first kappa shape index (κ1) is 7.54. The highest BCUT2D eigenvalue weighted by Gasteiger charge is 2.35. The van der Waals surface area contributed by atoms with Crippen LogP contribution in [0.1, 0.15) is 13.3 Å². The molecule has 2 heterocycles. The summed E-state index contributed by atoms with van der Waals surface area (Å²) < 4.78 is 0. The molecular weight excluding hydrogens is 156 g/mol. The fourth-order valence-corrected chi connectivity index (χ4v) is 1.59. The second-order valence-electron chi connectivity index (χ2n) is 3.31. The number of carbonyl (C=O) groups excluding carboxylic acids is 1. The Morgan fingerprint density at radius 2 is 2.42 bits per heavy atom. The van der Waals surface area contributed by atoms with E-state index in [0.717, 1.165) is 12.1 Å². The van der Waals surface area contributed by atoms with E-state index < -0.39 is 0 Å². The average molecular weight is 168 g/mol. The molecule has 1 amide bonds. The van der Waals surface area contributed by atoms with Crippen molar-refractivity contribution in [2.75, 3.05) is 13.7 Å². The van der Waals surface area contributed by atoms with E-state index in [1.165, 1.54) is 0 Å². The Hall–Kier alpha value is -1.10. The zero-order valence-corrected chi connectivity index (χ0v) is 7.24. The van der Waals surface area contributed by atoms with Crippen molar-refractivity contribution in [2.45, 2.75) is 19.4 Å². The third kappa shape index (κ3) is 1.06. The van der Waals surface area contributed by atoms with Crippen LogP contribution in [0.5, 0.6) is 0 Å². The van der Waals surface area contributed by atoms with Crippen LogP contribution >= 0.6 is 0 Å². The van der Waals surface area contributed by atoms with Crippen molar-refractivity contribution in [2.24, 2.45) is 5.10 Å². The van der Waals surface area contributed by atoms with Crippen LogP contribution in [0.25, 0.3) is 0 Å². The van der Waals surface area contributed by atoms with Gasteiger partial charge >= 0.3 is 0 Å². The molecule has 0 aromatic heterocycles. The number of nitrogens with one attached hydrogen (secondary N) is 1. The van der Waals surface area contributed by atoms with Gasteiger partial charge in [0.1, 0.15) is 12.7 Å². The van der Waals surface area contributed by atoms with E-state index in [2.05, 4.69) is 10.5 Å². The number of hydrazine groups is 1. The molecule has 1 fully saturated rings. The van der Waals surface area contributed by atoms with Crippen LogP contribution in [0.4, 0.5) is 0 Å². The molecule has 0 aromatic carbocycles. The van der Waals surface area contributed by atoms with Crippen molar-refractivity contribution in [1.29, 1.82) is 0 Å². The Morgan fingerprint density at radius 3 is 3.17 bits per heavy atom. The van der Waals surface area contributed by atoms with E-state index in [-0.39, 0.29) is 11.9 Å². The predicted octanol–water partition coefficient (Wildman–Crippen LogP) is -0.629. The lowest BCUT2D eigenvalue weighted by atomic mass is 10.1. The van der Waals surface area contributed by atoms with Gasteiger partial charge in [0.05, 0.1) is 0 Å². The number of hydrogen-bond acceptors (Lipinski definition) is 4. The highest BCUT2D eigenvalue weighted by molar-refractivity contribution is 5.92. The minimum atomic E-state index is -0.0683. The van der Waals surface area contributed by atoms with E-state index >= 15 is 0 Å². The van der Waals surface area contributed by atoms with Crippen LogP contribution in [-0.2, 0) is 4.79 Å². The maximum Gasteiger partial charge on any atom is 0.259 e. The molecule has 2 rings (SSSR count). The SMILES string of the molecule is CC1=NN2CN(C)NC(=O)C2C1. The molecule has 1 N–H and O–H groups in total. The molecule has 1 unspecified atom stereocenters. The maximum atomic E-state index is 11.4. The predicted molar refractivity (Wildman–Crippen MR) is 44.1 cm³/mol. The molecule has 2 aliphatic heterocycles. The number of carbonyl (C=O) groups is 1. The maximum absolute atomic E-state index is 11.4. The molecule has 5 nitrogen and oxygen atoms in total. The number of rotatable bonds is 0. The van der Waals surface area contributed by atoms with Crippen LogP contribution in [0.2, 0.25) is 0 Å². The summed E-state index contributed by atoms with van der Waals surface area (Å²) in [5.74, 6) is 0.0457.